The number of ether oxygens (including phenoxy) is 2. The molecule has 3 nitrogen and oxygen atoms in total. The smallest absolute Gasteiger partial charge is 0.218 e. The molecule has 3 aliphatic rings. The third kappa shape index (κ3) is 2.37. The van der Waals surface area contributed by atoms with Crippen molar-refractivity contribution in [1.29, 1.82) is 0 Å². The third-order valence-electron chi connectivity index (χ3n) is 4.83. The van der Waals surface area contributed by atoms with Crippen molar-refractivity contribution in [2.75, 3.05) is 0 Å². The van der Waals surface area contributed by atoms with Crippen LogP contribution in [-0.4, -0.2) is 29.2 Å². The van der Waals surface area contributed by atoms with Crippen molar-refractivity contribution >= 4 is 0 Å². The van der Waals surface area contributed by atoms with E-state index < -0.39 is 11.9 Å². The Morgan fingerprint density at radius 3 is 3.00 bits per heavy atom. The van der Waals surface area contributed by atoms with Gasteiger partial charge in [-0.2, -0.15) is 0 Å². The Bertz CT molecular complexity index is 352. The van der Waals surface area contributed by atoms with Gasteiger partial charge in [-0.15, -0.1) is 0 Å². The number of unbranched alkanes of at least 4 members (excludes halogenated alkanes) is 3. The summed E-state index contributed by atoms with van der Waals surface area (Å²) in [5.74, 6) is -0.767. The first-order chi connectivity index (χ1) is 9.26. The SMILES string of the molecule is CCCCCC[C@@H]1O[C@]23O[C@H]1CCC2=CCC[C@H]3O. The Kier molecular flexibility index (Phi) is 3.97. The van der Waals surface area contributed by atoms with E-state index in [1.807, 2.05) is 0 Å². The first-order valence-corrected chi connectivity index (χ1v) is 7.99. The van der Waals surface area contributed by atoms with E-state index in [0.717, 1.165) is 32.1 Å². The number of fused-ring (bicyclic) bond motifs is 1. The Labute approximate surface area is 116 Å². The van der Waals surface area contributed by atoms with Gasteiger partial charge in [-0.05, 0) is 37.7 Å². The zero-order valence-corrected chi connectivity index (χ0v) is 11.9. The fraction of sp³-hybridized carbons (Fsp3) is 0.875. The van der Waals surface area contributed by atoms with Crippen molar-refractivity contribution in [3.05, 3.63) is 11.6 Å². The van der Waals surface area contributed by atoms with Gasteiger partial charge in [0.15, 0.2) is 0 Å². The Morgan fingerprint density at radius 2 is 2.16 bits per heavy atom. The van der Waals surface area contributed by atoms with Crippen LogP contribution in [-0.2, 0) is 9.47 Å². The molecule has 3 heteroatoms. The molecular formula is C16H26O3. The lowest BCUT2D eigenvalue weighted by molar-refractivity contribution is -0.221. The second-order valence-corrected chi connectivity index (χ2v) is 6.19. The normalized spacial score (nSPS) is 40.9. The average molecular weight is 266 g/mol. The maximum absolute atomic E-state index is 10.3. The van der Waals surface area contributed by atoms with Crippen molar-refractivity contribution in [3.63, 3.8) is 0 Å². The molecule has 2 bridgehead atoms. The largest absolute Gasteiger partial charge is 0.387 e. The van der Waals surface area contributed by atoms with Gasteiger partial charge < -0.3 is 14.6 Å². The van der Waals surface area contributed by atoms with Gasteiger partial charge in [-0.1, -0.05) is 38.7 Å². The summed E-state index contributed by atoms with van der Waals surface area (Å²) in [5, 5.41) is 10.3. The molecule has 1 N–H and O–H groups in total. The summed E-state index contributed by atoms with van der Waals surface area (Å²) in [4.78, 5) is 0. The predicted octanol–water partition coefficient (Wildman–Crippen LogP) is 3.31. The highest BCUT2D eigenvalue weighted by Crippen LogP contribution is 2.49. The molecule has 0 unspecified atom stereocenters. The van der Waals surface area contributed by atoms with Gasteiger partial charge in [0, 0.05) is 0 Å². The topological polar surface area (TPSA) is 38.7 Å². The van der Waals surface area contributed by atoms with Crippen LogP contribution < -0.4 is 0 Å². The molecule has 0 aromatic carbocycles. The first kappa shape index (κ1) is 13.6. The zero-order chi connectivity index (χ0) is 13.3. The van der Waals surface area contributed by atoms with Gasteiger partial charge in [0.25, 0.3) is 0 Å². The summed E-state index contributed by atoms with van der Waals surface area (Å²) in [5.41, 5.74) is 1.19. The number of allylic oxidation sites excluding steroid dienone is 1. The summed E-state index contributed by atoms with van der Waals surface area (Å²) in [6.45, 7) is 2.23. The van der Waals surface area contributed by atoms with Crippen molar-refractivity contribution in [3.8, 4) is 0 Å². The van der Waals surface area contributed by atoms with Crippen LogP contribution in [0.5, 0.6) is 0 Å². The lowest BCUT2D eigenvalue weighted by Crippen LogP contribution is -2.49. The van der Waals surface area contributed by atoms with Crippen LogP contribution in [0.1, 0.15) is 64.7 Å². The van der Waals surface area contributed by atoms with E-state index in [9.17, 15) is 5.11 Å². The van der Waals surface area contributed by atoms with E-state index in [-0.39, 0.29) is 12.2 Å². The average Bonchev–Trinajstić information content (AvgIpc) is 2.70. The highest BCUT2D eigenvalue weighted by molar-refractivity contribution is 5.24. The molecule has 2 aliphatic heterocycles. The molecule has 4 atom stereocenters. The molecule has 19 heavy (non-hydrogen) atoms. The summed E-state index contributed by atoms with van der Waals surface area (Å²) in [7, 11) is 0. The minimum absolute atomic E-state index is 0.190. The standard InChI is InChI=1S/C16H26O3/c1-2-3-4-5-8-13-14-11-10-12-7-6-9-15(17)16(12,18-13)19-14/h7,13-15,17H,2-6,8-11H2,1H3/t13-,14-,15+,16-/m0/s1. The quantitative estimate of drug-likeness (QED) is 0.613. The third-order valence-corrected chi connectivity index (χ3v) is 4.83. The fourth-order valence-electron chi connectivity index (χ4n) is 3.74. The lowest BCUT2D eigenvalue weighted by atomic mass is 9.85. The molecule has 3 rings (SSSR count). The fourth-order valence-corrected chi connectivity index (χ4v) is 3.74. The van der Waals surface area contributed by atoms with Gasteiger partial charge in [-0.25, -0.2) is 0 Å². The van der Waals surface area contributed by atoms with Crippen molar-refractivity contribution in [2.45, 2.75) is 88.8 Å². The van der Waals surface area contributed by atoms with E-state index in [2.05, 4.69) is 13.0 Å². The van der Waals surface area contributed by atoms with Crippen LogP contribution in [0.25, 0.3) is 0 Å². The highest BCUT2D eigenvalue weighted by atomic mass is 16.8. The van der Waals surface area contributed by atoms with Crippen LogP contribution >= 0.6 is 0 Å². The summed E-state index contributed by atoms with van der Waals surface area (Å²) in [6.07, 6.45) is 12.1. The Morgan fingerprint density at radius 1 is 1.26 bits per heavy atom. The molecule has 2 fully saturated rings. The number of aliphatic hydroxyl groups excluding tert-OH is 1. The molecule has 1 aliphatic carbocycles. The van der Waals surface area contributed by atoms with Crippen LogP contribution in [0.15, 0.2) is 11.6 Å². The lowest BCUT2D eigenvalue weighted by Gasteiger charge is -2.40. The number of rotatable bonds is 5. The van der Waals surface area contributed by atoms with Gasteiger partial charge in [0.05, 0.1) is 12.2 Å². The van der Waals surface area contributed by atoms with E-state index in [0.29, 0.717) is 0 Å². The van der Waals surface area contributed by atoms with Crippen LogP contribution in [0.2, 0.25) is 0 Å². The van der Waals surface area contributed by atoms with Gasteiger partial charge in [0.2, 0.25) is 5.79 Å². The van der Waals surface area contributed by atoms with Gasteiger partial charge >= 0.3 is 0 Å². The monoisotopic (exact) mass is 266 g/mol. The molecule has 2 heterocycles. The van der Waals surface area contributed by atoms with Crippen LogP contribution in [0, 0.1) is 0 Å². The summed E-state index contributed by atoms with van der Waals surface area (Å²) in [6, 6.07) is 0. The van der Waals surface area contributed by atoms with E-state index in [4.69, 9.17) is 9.47 Å². The summed E-state index contributed by atoms with van der Waals surface area (Å²) < 4.78 is 12.4. The second-order valence-electron chi connectivity index (χ2n) is 6.19. The molecule has 0 aromatic heterocycles. The molecule has 0 saturated carbocycles. The first-order valence-electron chi connectivity index (χ1n) is 7.99. The number of hydrogen-bond acceptors (Lipinski definition) is 3. The highest BCUT2D eigenvalue weighted by Gasteiger charge is 2.57. The molecule has 1 spiro atoms. The van der Waals surface area contributed by atoms with Gasteiger partial charge in [0.1, 0.15) is 6.10 Å². The maximum Gasteiger partial charge on any atom is 0.218 e. The van der Waals surface area contributed by atoms with Crippen LogP contribution in [0.3, 0.4) is 0 Å². The van der Waals surface area contributed by atoms with Crippen molar-refractivity contribution in [1.82, 2.24) is 0 Å². The molecular weight excluding hydrogens is 240 g/mol. The predicted molar refractivity (Wildman–Crippen MR) is 73.8 cm³/mol. The second kappa shape index (κ2) is 5.55. The number of aliphatic hydroxyl groups is 1. The van der Waals surface area contributed by atoms with Crippen molar-refractivity contribution < 1.29 is 14.6 Å². The molecule has 0 aromatic rings. The minimum Gasteiger partial charge on any atom is -0.387 e. The summed E-state index contributed by atoms with van der Waals surface area (Å²) >= 11 is 0. The molecule has 108 valence electrons. The molecule has 2 saturated heterocycles. The van der Waals surface area contributed by atoms with E-state index in [1.165, 1.54) is 31.3 Å². The minimum atomic E-state index is -0.767. The van der Waals surface area contributed by atoms with E-state index >= 15 is 0 Å². The Balaban J connectivity index is 1.65. The maximum atomic E-state index is 10.3. The van der Waals surface area contributed by atoms with E-state index in [1.54, 1.807) is 0 Å². The number of hydrogen-bond donors (Lipinski definition) is 1. The zero-order valence-electron chi connectivity index (χ0n) is 11.9. The van der Waals surface area contributed by atoms with Crippen molar-refractivity contribution in [2.24, 2.45) is 0 Å². The molecule has 0 radical (unpaired) electrons. The van der Waals surface area contributed by atoms with Crippen LogP contribution in [0.4, 0.5) is 0 Å². The molecule has 0 amide bonds. The Hall–Kier alpha value is -0.380. The van der Waals surface area contributed by atoms with Gasteiger partial charge in [-0.3, -0.25) is 0 Å².